The number of carbonyl (C=O) groups excluding carboxylic acids is 1. The van der Waals surface area contributed by atoms with Gasteiger partial charge in [0.2, 0.25) is 0 Å². The van der Waals surface area contributed by atoms with E-state index in [2.05, 4.69) is 6.92 Å². The van der Waals surface area contributed by atoms with Crippen molar-refractivity contribution in [3.63, 3.8) is 0 Å². The van der Waals surface area contributed by atoms with Gasteiger partial charge >= 0.3 is 0 Å². The molecule has 31 heavy (non-hydrogen) atoms. The number of nitro benzene ring substituents is 1. The van der Waals surface area contributed by atoms with Crippen LogP contribution in [0, 0.1) is 10.1 Å². The van der Waals surface area contributed by atoms with Crippen molar-refractivity contribution < 1.29 is 19.6 Å². The molecule has 1 radical (unpaired) electrons. The van der Waals surface area contributed by atoms with Crippen LogP contribution in [0.2, 0.25) is 0 Å². The minimum absolute atomic E-state index is 0. The Labute approximate surface area is 227 Å². The maximum atomic E-state index is 12.5. The maximum Gasteiger partial charge on any atom is 0.269 e. The molecule has 0 saturated heterocycles. The average Bonchev–Trinajstić information content (AvgIpc) is 2.74. The Bertz CT molecular complexity index is 823. The fourth-order valence-corrected chi connectivity index (χ4v) is 3.27. The predicted molar refractivity (Wildman–Crippen MR) is 123 cm³/mol. The van der Waals surface area contributed by atoms with Crippen molar-refractivity contribution in [2.45, 2.75) is 64.7 Å². The van der Waals surface area contributed by atoms with Crippen LogP contribution in [-0.4, -0.2) is 73.8 Å². The Kier molecular flexibility index (Phi) is 13.9. The monoisotopic (exact) mass is 452 g/mol. The summed E-state index contributed by atoms with van der Waals surface area (Å²) >= 11 is 0. The van der Waals surface area contributed by atoms with Gasteiger partial charge in [0.05, 0.1) is 11.5 Å². The molecule has 0 fully saturated rings. The Morgan fingerprint density at radius 2 is 1.58 bits per heavy atom. The quantitative estimate of drug-likeness (QED) is 0.127. The first kappa shape index (κ1) is 27.8. The van der Waals surface area contributed by atoms with Crippen molar-refractivity contribution >= 4 is 62.9 Å². The fourth-order valence-electron chi connectivity index (χ4n) is 3.27. The molecule has 2 rings (SSSR count). The Hall–Kier alpha value is -1.25. The minimum Gasteiger partial charge on any atom is -0.508 e. The number of nitrogens with zero attached hydrogens (tertiary/aromatic N) is 1. The molecule has 0 unspecified atom stereocenters. The van der Waals surface area contributed by atoms with Gasteiger partial charge in [-0.1, -0.05) is 51.9 Å². The van der Waals surface area contributed by atoms with E-state index in [9.17, 15) is 20.0 Å². The molecule has 1 N–H and O–H groups in total. The number of carbonyl (C=O) groups is 1. The summed E-state index contributed by atoms with van der Waals surface area (Å²) in [5.41, 5.74) is 0.560. The SMILES string of the molecule is CCCCCCCCCCOc1ccc(C(=O)Cc2cc([N+](=O)[O-])ccc2O)cc1.[K]. The number of benzene rings is 2. The molecule has 7 heteroatoms. The van der Waals surface area contributed by atoms with Crippen molar-refractivity contribution in [3.8, 4) is 11.5 Å². The molecule has 2 aromatic rings. The summed E-state index contributed by atoms with van der Waals surface area (Å²) in [5.74, 6) is 0.368. The van der Waals surface area contributed by atoms with Gasteiger partial charge in [0.15, 0.2) is 5.78 Å². The summed E-state index contributed by atoms with van der Waals surface area (Å²) in [6.07, 6.45) is 9.85. The molecule has 2 aromatic carbocycles. The van der Waals surface area contributed by atoms with Crippen molar-refractivity contribution in [1.82, 2.24) is 0 Å². The molecule has 0 heterocycles. The van der Waals surface area contributed by atoms with E-state index < -0.39 is 4.92 Å². The predicted octanol–water partition coefficient (Wildman–Crippen LogP) is 5.86. The first-order valence-electron chi connectivity index (χ1n) is 10.7. The second-order valence-electron chi connectivity index (χ2n) is 7.52. The van der Waals surface area contributed by atoms with Crippen LogP contribution in [0.4, 0.5) is 5.69 Å². The van der Waals surface area contributed by atoms with Gasteiger partial charge in [0.25, 0.3) is 5.69 Å². The topological polar surface area (TPSA) is 89.7 Å². The summed E-state index contributed by atoms with van der Waals surface area (Å²) in [4.78, 5) is 22.8. The summed E-state index contributed by atoms with van der Waals surface area (Å²) in [5, 5.41) is 20.8. The molecule has 0 aliphatic carbocycles. The van der Waals surface area contributed by atoms with Crippen LogP contribution >= 0.6 is 0 Å². The molecule has 0 spiro atoms. The third-order valence-electron chi connectivity index (χ3n) is 5.07. The third-order valence-corrected chi connectivity index (χ3v) is 5.07. The second-order valence-corrected chi connectivity index (χ2v) is 7.52. The van der Waals surface area contributed by atoms with Crippen molar-refractivity contribution in [2.75, 3.05) is 6.61 Å². The van der Waals surface area contributed by atoms with Gasteiger partial charge in [0, 0.05) is 81.1 Å². The zero-order valence-corrected chi connectivity index (χ0v) is 21.8. The number of ether oxygens (including phenoxy) is 1. The molecule has 0 saturated carbocycles. The van der Waals surface area contributed by atoms with Gasteiger partial charge in [0.1, 0.15) is 11.5 Å². The molecule has 0 aliphatic rings. The number of phenols is 1. The van der Waals surface area contributed by atoms with E-state index in [1.54, 1.807) is 24.3 Å². The first-order chi connectivity index (χ1) is 14.5. The molecule has 6 nitrogen and oxygen atoms in total. The van der Waals surface area contributed by atoms with Crippen LogP contribution in [0.5, 0.6) is 11.5 Å². The van der Waals surface area contributed by atoms with Crippen LogP contribution in [0.1, 0.15) is 74.2 Å². The number of ketones is 1. The molecular formula is C24H31KNO5. The average molecular weight is 453 g/mol. The zero-order valence-electron chi connectivity index (χ0n) is 18.6. The number of hydrogen-bond acceptors (Lipinski definition) is 5. The van der Waals surface area contributed by atoms with Gasteiger partial charge in [-0.3, -0.25) is 14.9 Å². The number of unbranched alkanes of at least 4 members (excludes halogenated alkanes) is 7. The molecule has 0 amide bonds. The van der Waals surface area contributed by atoms with Crippen molar-refractivity contribution in [3.05, 3.63) is 63.7 Å². The van der Waals surface area contributed by atoms with Gasteiger partial charge in [-0.15, -0.1) is 0 Å². The maximum absolute atomic E-state index is 12.5. The molecule has 0 aliphatic heterocycles. The van der Waals surface area contributed by atoms with E-state index in [-0.39, 0.29) is 80.6 Å². The van der Waals surface area contributed by atoms with Gasteiger partial charge < -0.3 is 9.84 Å². The summed E-state index contributed by atoms with van der Waals surface area (Å²) in [6, 6.07) is 10.6. The van der Waals surface area contributed by atoms with E-state index in [4.69, 9.17) is 4.74 Å². The standard InChI is InChI=1S/C24H31NO5.K/c1-2-3-4-5-6-7-8-9-16-30-22-13-10-19(11-14-22)24(27)18-20-17-21(25(28)29)12-15-23(20)26;/h10-15,17,26H,2-9,16,18H2,1H3;. The van der Waals surface area contributed by atoms with Crippen molar-refractivity contribution in [1.29, 1.82) is 0 Å². The van der Waals surface area contributed by atoms with Gasteiger partial charge in [-0.25, -0.2) is 0 Å². The molecule has 163 valence electrons. The number of nitro groups is 1. The van der Waals surface area contributed by atoms with E-state index in [0.717, 1.165) is 12.8 Å². The Balaban J connectivity index is 0.00000480. The number of non-ortho nitro benzene ring substituents is 1. The van der Waals surface area contributed by atoms with Crippen LogP contribution in [0.15, 0.2) is 42.5 Å². The van der Waals surface area contributed by atoms with E-state index in [1.807, 2.05) is 0 Å². The van der Waals surface area contributed by atoms with Gasteiger partial charge in [-0.05, 0) is 36.8 Å². The third kappa shape index (κ3) is 10.3. The Morgan fingerprint density at radius 3 is 2.19 bits per heavy atom. The normalized spacial score (nSPS) is 10.4. The molecule has 0 bridgehead atoms. The first-order valence-corrected chi connectivity index (χ1v) is 10.7. The van der Waals surface area contributed by atoms with Gasteiger partial charge in [-0.2, -0.15) is 0 Å². The second kappa shape index (κ2) is 15.5. The zero-order chi connectivity index (χ0) is 21.8. The summed E-state index contributed by atoms with van der Waals surface area (Å²) < 4.78 is 5.74. The summed E-state index contributed by atoms with van der Waals surface area (Å²) in [6.45, 7) is 2.88. The molecular weight excluding hydrogens is 421 g/mol. The minimum atomic E-state index is -0.550. The summed E-state index contributed by atoms with van der Waals surface area (Å²) in [7, 11) is 0. The largest absolute Gasteiger partial charge is 0.508 e. The van der Waals surface area contributed by atoms with E-state index in [0.29, 0.717) is 17.9 Å². The smallest absolute Gasteiger partial charge is 0.269 e. The number of hydrogen-bond donors (Lipinski definition) is 1. The Morgan fingerprint density at radius 1 is 0.968 bits per heavy atom. The van der Waals surface area contributed by atoms with Crippen LogP contribution in [-0.2, 0) is 6.42 Å². The number of rotatable bonds is 14. The number of Topliss-reactive ketones (excluding diaryl/α,β-unsaturated/α-hetero) is 1. The number of aromatic hydroxyl groups is 1. The molecule has 0 atom stereocenters. The van der Waals surface area contributed by atoms with E-state index >= 15 is 0 Å². The van der Waals surface area contributed by atoms with Crippen LogP contribution < -0.4 is 4.74 Å². The van der Waals surface area contributed by atoms with Crippen LogP contribution in [0.3, 0.4) is 0 Å². The van der Waals surface area contributed by atoms with E-state index in [1.165, 1.54) is 56.7 Å². The number of phenolic OH excluding ortho intramolecular Hbond substituents is 1. The van der Waals surface area contributed by atoms with Crippen LogP contribution in [0.25, 0.3) is 0 Å². The fraction of sp³-hybridized carbons (Fsp3) is 0.458. The van der Waals surface area contributed by atoms with Crippen molar-refractivity contribution in [2.24, 2.45) is 0 Å². The molecule has 0 aromatic heterocycles.